The van der Waals surface area contributed by atoms with E-state index in [1.54, 1.807) is 30.2 Å². The topological polar surface area (TPSA) is 88.9 Å². The van der Waals surface area contributed by atoms with Crippen molar-refractivity contribution < 1.29 is 24.5 Å². The Morgan fingerprint density at radius 1 is 1.00 bits per heavy atom. The zero-order valence-corrected chi connectivity index (χ0v) is 29.4. The predicted octanol–water partition coefficient (Wildman–Crippen LogP) is 8.27. The van der Waals surface area contributed by atoms with Gasteiger partial charge < -0.3 is 19.7 Å². The number of hydrogen-bond acceptors (Lipinski definition) is 8. The number of thiazole rings is 1. The summed E-state index contributed by atoms with van der Waals surface area (Å²) in [5, 5.41) is 23.7. The van der Waals surface area contributed by atoms with Crippen LogP contribution in [0.25, 0.3) is 10.2 Å². The molecule has 2 bridgehead atoms. The highest BCUT2D eigenvalue weighted by Gasteiger charge is 2.74. The minimum atomic E-state index is -0.895. The lowest BCUT2D eigenvalue weighted by Gasteiger charge is -2.71. The molecule has 8 unspecified atom stereocenters. The molecule has 9 rings (SSSR count). The molecular weight excluding hydrogens is 627 g/mol. The first-order valence-electron chi connectivity index (χ1n) is 17.2. The van der Waals surface area contributed by atoms with E-state index in [9.17, 15) is 15.0 Å². The minimum Gasteiger partial charge on any atom is -0.497 e. The molecule has 2 spiro atoms. The Labute approximate surface area is 285 Å². The molecule has 2 N–H and O–H groups in total. The number of aliphatic hydroxyl groups excluding tert-OH is 1. The van der Waals surface area contributed by atoms with Crippen molar-refractivity contribution in [2.45, 2.75) is 81.8 Å². The Bertz CT molecular complexity index is 1800. The lowest BCUT2D eigenvalue weighted by molar-refractivity contribution is -0.166. The van der Waals surface area contributed by atoms with Crippen LogP contribution in [0.1, 0.15) is 76.1 Å². The van der Waals surface area contributed by atoms with Gasteiger partial charge in [-0.1, -0.05) is 43.8 Å². The van der Waals surface area contributed by atoms with Gasteiger partial charge in [0.2, 0.25) is 0 Å². The normalized spacial score (nSPS) is 38.4. The summed E-state index contributed by atoms with van der Waals surface area (Å²) in [7, 11) is 1.64. The highest BCUT2D eigenvalue weighted by atomic mass is 32.2. The molecule has 8 heteroatoms. The van der Waals surface area contributed by atoms with E-state index in [0.717, 1.165) is 63.7 Å². The fourth-order valence-electron chi connectivity index (χ4n) is 10.9. The zero-order chi connectivity index (χ0) is 32.8. The number of aliphatic hydroxyl groups is 2. The van der Waals surface area contributed by atoms with Crippen LogP contribution in [0, 0.1) is 33.5 Å². The molecule has 1 heterocycles. The Hall–Kier alpha value is -2.65. The second kappa shape index (κ2) is 10.9. The Morgan fingerprint density at radius 3 is 2.49 bits per heavy atom. The number of thioether (sulfide) groups is 1. The number of fused-ring (bicyclic) bond motifs is 2. The lowest BCUT2D eigenvalue weighted by atomic mass is 9.32. The van der Waals surface area contributed by atoms with Gasteiger partial charge in [-0.15, -0.1) is 11.3 Å². The van der Waals surface area contributed by atoms with Crippen molar-refractivity contribution in [3.63, 3.8) is 0 Å². The van der Waals surface area contributed by atoms with Crippen molar-refractivity contribution in [3.8, 4) is 11.5 Å². The van der Waals surface area contributed by atoms with E-state index >= 15 is 0 Å². The summed E-state index contributed by atoms with van der Waals surface area (Å²) >= 11 is 3.32. The van der Waals surface area contributed by atoms with Crippen LogP contribution in [0.3, 0.4) is 0 Å². The maximum absolute atomic E-state index is 14.7. The molecule has 0 aliphatic heterocycles. The molecular formula is C39H45NO5S2. The van der Waals surface area contributed by atoms with Crippen LogP contribution in [0.5, 0.6) is 11.5 Å². The minimum absolute atomic E-state index is 0.0528. The van der Waals surface area contributed by atoms with E-state index in [2.05, 4.69) is 38.1 Å². The summed E-state index contributed by atoms with van der Waals surface area (Å²) in [6, 6.07) is 13.5. The largest absolute Gasteiger partial charge is 0.497 e. The van der Waals surface area contributed by atoms with Crippen molar-refractivity contribution in [2.24, 2.45) is 33.5 Å². The molecule has 1 aromatic heterocycles. The Morgan fingerprint density at radius 2 is 1.72 bits per heavy atom. The highest BCUT2D eigenvalue weighted by molar-refractivity contribution is 8.01. The number of Topliss-reactive ketones (excluding diaryl/α,β-unsaturated/α-hetero) is 1. The molecule has 47 heavy (non-hydrogen) atoms. The molecule has 6 aliphatic rings. The zero-order valence-electron chi connectivity index (χ0n) is 27.8. The summed E-state index contributed by atoms with van der Waals surface area (Å²) in [4.78, 5) is 19.6. The highest BCUT2D eigenvalue weighted by Crippen LogP contribution is 2.78. The Kier molecular flexibility index (Phi) is 7.35. The Balaban J connectivity index is 1.16. The molecule has 0 radical (unpaired) electrons. The third-order valence-corrected chi connectivity index (χ3v) is 15.8. The number of nitrogens with zero attached hydrogens (tertiary/aromatic N) is 1. The maximum atomic E-state index is 14.7. The summed E-state index contributed by atoms with van der Waals surface area (Å²) < 4.78 is 13.2. The van der Waals surface area contributed by atoms with Gasteiger partial charge in [-0.2, -0.15) is 0 Å². The van der Waals surface area contributed by atoms with Crippen molar-refractivity contribution in [2.75, 3.05) is 19.5 Å². The van der Waals surface area contributed by atoms with Crippen LogP contribution in [0.15, 0.2) is 70.6 Å². The van der Waals surface area contributed by atoms with Gasteiger partial charge in [-0.3, -0.25) is 4.79 Å². The number of ether oxygens (including phenoxy) is 2. The van der Waals surface area contributed by atoms with Gasteiger partial charge in [0, 0.05) is 33.1 Å². The number of carbonyl (C=O) groups is 1. The summed E-state index contributed by atoms with van der Waals surface area (Å²) in [5.41, 5.74) is 0.368. The van der Waals surface area contributed by atoms with Gasteiger partial charge in [0.05, 0.1) is 35.6 Å². The molecule has 0 amide bonds. The maximum Gasteiger partial charge on any atom is 0.189 e. The van der Waals surface area contributed by atoms with Crippen molar-refractivity contribution in [3.05, 3.63) is 71.8 Å². The molecule has 8 atom stereocenters. The summed E-state index contributed by atoms with van der Waals surface area (Å²) in [6.07, 6.45) is 12.5. The van der Waals surface area contributed by atoms with Crippen LogP contribution in [0.2, 0.25) is 0 Å². The predicted molar refractivity (Wildman–Crippen MR) is 187 cm³/mol. The number of aromatic nitrogens is 1. The van der Waals surface area contributed by atoms with E-state index in [1.807, 2.05) is 43.3 Å². The van der Waals surface area contributed by atoms with Gasteiger partial charge in [0.15, 0.2) is 10.1 Å². The van der Waals surface area contributed by atoms with Gasteiger partial charge in [-0.25, -0.2) is 4.98 Å². The van der Waals surface area contributed by atoms with E-state index < -0.39 is 11.0 Å². The number of rotatable bonds is 8. The van der Waals surface area contributed by atoms with Gasteiger partial charge in [0.25, 0.3) is 0 Å². The number of carbonyl (C=O) groups excluding carboxylic acids is 1. The lowest BCUT2D eigenvalue weighted by Crippen LogP contribution is -2.67. The molecule has 3 aromatic rings. The molecule has 0 saturated heterocycles. The van der Waals surface area contributed by atoms with Crippen LogP contribution in [-0.4, -0.2) is 52.2 Å². The van der Waals surface area contributed by atoms with Gasteiger partial charge in [-0.05, 0) is 112 Å². The molecule has 6 aliphatic carbocycles. The van der Waals surface area contributed by atoms with Crippen molar-refractivity contribution in [1.29, 1.82) is 0 Å². The van der Waals surface area contributed by atoms with E-state index in [0.29, 0.717) is 30.8 Å². The van der Waals surface area contributed by atoms with Gasteiger partial charge >= 0.3 is 0 Å². The summed E-state index contributed by atoms with van der Waals surface area (Å²) in [6.45, 7) is 7.34. The van der Waals surface area contributed by atoms with Crippen molar-refractivity contribution >= 4 is 39.1 Å². The second-order valence-electron chi connectivity index (χ2n) is 15.2. The molecule has 6 nitrogen and oxygen atoms in total. The van der Waals surface area contributed by atoms with Crippen LogP contribution in [-0.2, 0) is 0 Å². The average molecular weight is 672 g/mol. The van der Waals surface area contributed by atoms with Crippen LogP contribution in [0.4, 0.5) is 0 Å². The SMILES string of the molecule is CCOc1ccc2nc(SCC3(O)CCC4C56C=CC7(C=C5C(=O)c5ccc(OC)cc5)CC(O)CCC7(C)C6CCC43C)sc2c1. The fourth-order valence-corrected chi connectivity index (χ4v) is 13.3. The third kappa shape index (κ3) is 4.36. The van der Waals surface area contributed by atoms with Crippen molar-refractivity contribution in [1.82, 2.24) is 4.98 Å². The van der Waals surface area contributed by atoms with Gasteiger partial charge in [0.1, 0.15) is 11.5 Å². The standard InChI is InChI=1S/C39H45NO5S2/c1-5-45-27-10-11-29-30(20-27)47-34(40-29)46-23-38(43)17-14-32-36(38,3)16-13-31-35(2)15-12-25(41)21-37(35)18-19-39(31,32)28(22-37)33(42)24-6-8-26(44-4)9-7-24/h6-11,18-20,22,25,31-32,41,43H,5,12-17,21,23H2,1-4H3. The smallest absolute Gasteiger partial charge is 0.189 e. The first kappa shape index (κ1) is 31.6. The van der Waals surface area contributed by atoms with E-state index in [1.165, 1.54) is 0 Å². The first-order chi connectivity index (χ1) is 22.5. The fraction of sp³-hybridized carbons (Fsp3) is 0.538. The van der Waals surface area contributed by atoms with Crippen LogP contribution >= 0.6 is 23.1 Å². The first-order valence-corrected chi connectivity index (χ1v) is 19.0. The van der Waals surface area contributed by atoms with Crippen LogP contribution < -0.4 is 9.47 Å². The average Bonchev–Trinajstić information content (AvgIpc) is 3.60. The second-order valence-corrected chi connectivity index (χ2v) is 17.5. The van der Waals surface area contributed by atoms with E-state index in [-0.39, 0.29) is 40.0 Å². The molecule has 3 saturated carbocycles. The summed E-state index contributed by atoms with van der Waals surface area (Å²) in [5.74, 6) is 2.61. The number of ketones is 1. The molecule has 2 aromatic carbocycles. The number of benzene rings is 2. The quantitative estimate of drug-likeness (QED) is 0.142. The molecule has 248 valence electrons. The number of hydrogen-bond donors (Lipinski definition) is 2. The number of methoxy groups -OCH3 is 1. The molecule has 3 fully saturated rings. The van der Waals surface area contributed by atoms with E-state index in [4.69, 9.17) is 14.5 Å². The number of allylic oxidation sites excluding steroid dienone is 4. The monoisotopic (exact) mass is 671 g/mol. The third-order valence-electron chi connectivity index (χ3n) is 13.4.